The van der Waals surface area contributed by atoms with Gasteiger partial charge in [0.15, 0.2) is 0 Å². The van der Waals surface area contributed by atoms with Gasteiger partial charge in [-0.15, -0.1) is 0 Å². The van der Waals surface area contributed by atoms with Gasteiger partial charge in [-0.05, 0) is 179 Å². The molecule has 0 bridgehead atoms. The van der Waals surface area contributed by atoms with Crippen LogP contribution in [0.15, 0.2) is 79.0 Å². The van der Waals surface area contributed by atoms with Crippen LogP contribution < -0.4 is 14.8 Å². The van der Waals surface area contributed by atoms with E-state index in [1.165, 1.54) is 47.4 Å². The summed E-state index contributed by atoms with van der Waals surface area (Å²) in [5, 5.41) is 14.7. The first-order chi connectivity index (χ1) is 27.5. The Hall–Kier alpha value is -4.14. The number of carboxylic acids is 1. The standard InChI is InChI=1S/C48H59ClFN3O4/c1-33(32-57-44-18-24-51-43-11-6-8-34(2)45(43)44)28-37-29-36-14-17-41(56-27-5-4-25-53(3)26-19-35-12-15-39(50)16-13-35)31-42(36)47(37)20-22-48(23-21-47,46(54)55)52-40-10-7-9-38(49)30-40/h7,9-10,12-18,24,30-31,33-34,37,52H,4-6,8,11,19-23,25-29,32H2,1-3H3,(H,54,55)/t33-,34-,37+,47?,48?/m1/s1. The SMILES string of the molecule is C[C@@H](COc1ccnc2c1[C@H](C)CCC2)C[C@H]1Cc2ccc(OCCCCN(C)CCc3ccc(F)cc3)cc2C12CCC(Nc1cccc(Cl)c1)(C(=O)O)CC2. The monoisotopic (exact) mass is 795 g/mol. The normalized spacial score (nSPS) is 23.2. The maximum Gasteiger partial charge on any atom is 0.329 e. The zero-order valence-electron chi connectivity index (χ0n) is 33.9. The number of hydrogen-bond donors (Lipinski definition) is 2. The van der Waals surface area contributed by atoms with Crippen molar-refractivity contribution in [3.05, 3.63) is 118 Å². The predicted octanol–water partition coefficient (Wildman–Crippen LogP) is 10.7. The first kappa shape index (κ1) is 41.0. The van der Waals surface area contributed by atoms with Crippen LogP contribution in [0.4, 0.5) is 10.1 Å². The second-order valence-electron chi connectivity index (χ2n) is 17.2. The smallest absolute Gasteiger partial charge is 0.329 e. The van der Waals surface area contributed by atoms with Gasteiger partial charge in [-0.2, -0.15) is 0 Å². The van der Waals surface area contributed by atoms with Crippen LogP contribution in [0.3, 0.4) is 0 Å². The lowest BCUT2D eigenvalue weighted by Gasteiger charge is -2.47. The lowest BCUT2D eigenvalue weighted by atomic mass is 9.59. The third-order valence-corrected chi connectivity index (χ3v) is 13.4. The maximum atomic E-state index is 13.3. The van der Waals surface area contributed by atoms with E-state index in [4.69, 9.17) is 21.1 Å². The minimum Gasteiger partial charge on any atom is -0.494 e. The fourth-order valence-corrected chi connectivity index (χ4v) is 10.1. The van der Waals surface area contributed by atoms with Crippen molar-refractivity contribution in [1.29, 1.82) is 0 Å². The van der Waals surface area contributed by atoms with Gasteiger partial charge in [0.25, 0.3) is 0 Å². The third-order valence-electron chi connectivity index (χ3n) is 13.2. The van der Waals surface area contributed by atoms with Crippen LogP contribution in [-0.4, -0.2) is 59.8 Å². The Morgan fingerprint density at radius 1 is 1.04 bits per heavy atom. The minimum atomic E-state index is -1.07. The topological polar surface area (TPSA) is 83.9 Å². The van der Waals surface area contributed by atoms with Gasteiger partial charge in [-0.1, -0.05) is 49.7 Å². The van der Waals surface area contributed by atoms with Crippen LogP contribution in [-0.2, 0) is 29.5 Å². The molecule has 2 N–H and O–H groups in total. The minimum absolute atomic E-state index is 0.157. The number of benzene rings is 3. The molecule has 1 spiro atoms. The van der Waals surface area contributed by atoms with Crippen molar-refractivity contribution < 1.29 is 23.8 Å². The highest BCUT2D eigenvalue weighted by molar-refractivity contribution is 6.30. The Balaban J connectivity index is 1.02. The average molecular weight is 796 g/mol. The molecule has 3 aliphatic carbocycles. The predicted molar refractivity (Wildman–Crippen MR) is 226 cm³/mol. The molecule has 7 nitrogen and oxygen atoms in total. The van der Waals surface area contributed by atoms with E-state index in [1.54, 1.807) is 6.07 Å². The summed E-state index contributed by atoms with van der Waals surface area (Å²) in [6, 6.07) is 22.8. The highest BCUT2D eigenvalue weighted by Gasteiger charge is 2.54. The van der Waals surface area contributed by atoms with E-state index in [9.17, 15) is 14.3 Å². The largest absolute Gasteiger partial charge is 0.494 e. The van der Waals surface area contributed by atoms with E-state index in [2.05, 4.69) is 54.3 Å². The Labute approximate surface area is 343 Å². The molecule has 1 heterocycles. The lowest BCUT2D eigenvalue weighted by Crippen LogP contribution is -2.53. The lowest BCUT2D eigenvalue weighted by molar-refractivity contribution is -0.144. The number of nitrogens with one attached hydrogen (secondary N) is 1. The van der Waals surface area contributed by atoms with Crippen LogP contribution in [0, 0.1) is 17.7 Å². The van der Waals surface area contributed by atoms with E-state index in [0.29, 0.717) is 48.8 Å². The van der Waals surface area contributed by atoms with E-state index >= 15 is 0 Å². The number of ether oxygens (including phenoxy) is 2. The number of halogens is 2. The number of aromatic nitrogens is 1. The van der Waals surface area contributed by atoms with Crippen molar-refractivity contribution in [2.45, 2.75) is 108 Å². The number of likely N-dealkylation sites (N-methyl/N-ethyl adjacent to an activating group) is 1. The number of aryl methyl sites for hydroxylation is 1. The second kappa shape index (κ2) is 18.2. The summed E-state index contributed by atoms with van der Waals surface area (Å²) in [5.41, 5.74) is 5.80. The molecule has 1 aromatic heterocycles. The molecular formula is C48H59ClFN3O4. The van der Waals surface area contributed by atoms with Gasteiger partial charge in [0, 0.05) is 34.7 Å². The summed E-state index contributed by atoms with van der Waals surface area (Å²) >= 11 is 6.31. The van der Waals surface area contributed by atoms with Gasteiger partial charge in [-0.25, -0.2) is 9.18 Å². The summed E-state index contributed by atoms with van der Waals surface area (Å²) in [6.45, 7) is 7.75. The third kappa shape index (κ3) is 9.60. The van der Waals surface area contributed by atoms with Crippen LogP contribution in [0.2, 0.25) is 5.02 Å². The fraction of sp³-hybridized carbons (Fsp3) is 0.500. The molecule has 3 aromatic carbocycles. The van der Waals surface area contributed by atoms with Crippen molar-refractivity contribution in [3.63, 3.8) is 0 Å². The molecule has 3 atom stereocenters. The molecule has 0 unspecified atom stereocenters. The first-order valence-electron chi connectivity index (χ1n) is 21.1. The number of anilines is 1. The number of unbranched alkanes of at least 4 members (excludes halogenated alkanes) is 1. The Bertz CT molecular complexity index is 1980. The van der Waals surface area contributed by atoms with Crippen molar-refractivity contribution in [1.82, 2.24) is 9.88 Å². The number of pyridine rings is 1. The van der Waals surface area contributed by atoms with Crippen molar-refractivity contribution in [3.8, 4) is 11.5 Å². The van der Waals surface area contributed by atoms with Gasteiger partial charge in [-0.3, -0.25) is 4.98 Å². The summed E-state index contributed by atoms with van der Waals surface area (Å²) in [7, 11) is 2.13. The molecule has 57 heavy (non-hydrogen) atoms. The number of nitrogens with zero attached hydrogens (tertiary/aromatic N) is 2. The van der Waals surface area contributed by atoms with Crippen molar-refractivity contribution >= 4 is 23.3 Å². The van der Waals surface area contributed by atoms with Crippen LogP contribution in [0.25, 0.3) is 0 Å². The Morgan fingerprint density at radius 2 is 1.84 bits per heavy atom. The number of fused-ring (bicyclic) bond motifs is 3. The molecule has 0 saturated heterocycles. The number of hydrogen-bond acceptors (Lipinski definition) is 6. The van der Waals surface area contributed by atoms with Gasteiger partial charge < -0.3 is 24.8 Å². The highest BCUT2D eigenvalue weighted by Crippen LogP contribution is 2.57. The summed E-state index contributed by atoms with van der Waals surface area (Å²) in [6.07, 6.45) is 12.6. The summed E-state index contributed by atoms with van der Waals surface area (Å²) < 4.78 is 26.3. The molecule has 7 rings (SSSR count). The van der Waals surface area contributed by atoms with Crippen molar-refractivity contribution in [2.24, 2.45) is 11.8 Å². The number of aliphatic carboxylic acids is 1. The quantitative estimate of drug-likeness (QED) is 0.103. The molecule has 0 aliphatic heterocycles. The molecule has 4 aromatic rings. The number of carboxylic acid groups (broad SMARTS) is 1. The summed E-state index contributed by atoms with van der Waals surface area (Å²) in [5.74, 6) is 1.98. The molecule has 9 heteroatoms. The Morgan fingerprint density at radius 3 is 2.61 bits per heavy atom. The zero-order chi connectivity index (χ0) is 40.0. The maximum absolute atomic E-state index is 13.3. The van der Waals surface area contributed by atoms with E-state index in [0.717, 1.165) is 87.2 Å². The van der Waals surface area contributed by atoms with Gasteiger partial charge in [0.2, 0.25) is 0 Å². The molecular weight excluding hydrogens is 737 g/mol. The zero-order valence-corrected chi connectivity index (χ0v) is 34.6. The van der Waals surface area contributed by atoms with E-state index < -0.39 is 11.5 Å². The second-order valence-corrected chi connectivity index (χ2v) is 17.7. The average Bonchev–Trinajstić information content (AvgIpc) is 3.48. The van der Waals surface area contributed by atoms with E-state index in [1.807, 2.05) is 42.6 Å². The first-order valence-corrected chi connectivity index (χ1v) is 21.5. The molecule has 0 radical (unpaired) electrons. The number of carbonyl (C=O) groups is 1. The fourth-order valence-electron chi connectivity index (χ4n) is 9.92. The van der Waals surface area contributed by atoms with Crippen LogP contribution in [0.5, 0.6) is 11.5 Å². The van der Waals surface area contributed by atoms with Gasteiger partial charge in [0.1, 0.15) is 22.9 Å². The molecule has 1 fully saturated rings. The van der Waals surface area contributed by atoms with Crippen LogP contribution in [0.1, 0.15) is 106 Å². The number of rotatable bonds is 17. The molecule has 0 amide bonds. The van der Waals surface area contributed by atoms with Gasteiger partial charge >= 0.3 is 5.97 Å². The van der Waals surface area contributed by atoms with Crippen molar-refractivity contribution in [2.75, 3.05) is 38.7 Å². The van der Waals surface area contributed by atoms with E-state index in [-0.39, 0.29) is 11.2 Å². The summed E-state index contributed by atoms with van der Waals surface area (Å²) in [4.78, 5) is 20.0. The Kier molecular flexibility index (Phi) is 13.1. The molecule has 3 aliphatic rings. The molecule has 1 saturated carbocycles. The van der Waals surface area contributed by atoms with Crippen LogP contribution >= 0.6 is 11.6 Å². The highest BCUT2D eigenvalue weighted by atomic mass is 35.5. The van der Waals surface area contributed by atoms with Gasteiger partial charge in [0.05, 0.1) is 13.2 Å². The molecule has 304 valence electrons.